The van der Waals surface area contributed by atoms with Crippen LogP contribution in [-0.2, 0) is 11.2 Å². The molecule has 1 aromatic carbocycles. The van der Waals surface area contributed by atoms with E-state index < -0.39 is 0 Å². The lowest BCUT2D eigenvalue weighted by Crippen LogP contribution is -2.41. The van der Waals surface area contributed by atoms with Gasteiger partial charge in [-0.1, -0.05) is 13.0 Å². The molecule has 1 aliphatic heterocycles. The fourth-order valence-corrected chi connectivity index (χ4v) is 3.29. The van der Waals surface area contributed by atoms with E-state index in [0.29, 0.717) is 18.1 Å². The zero-order chi connectivity index (χ0) is 13.8. The summed E-state index contributed by atoms with van der Waals surface area (Å²) in [5, 5.41) is 3.40. The molecule has 3 atom stereocenters. The maximum Gasteiger partial charge on any atom is 0.133 e. The van der Waals surface area contributed by atoms with E-state index in [1.807, 2.05) is 13.1 Å². The summed E-state index contributed by atoms with van der Waals surface area (Å²) in [5.74, 6) is 1.49. The van der Waals surface area contributed by atoms with E-state index in [0.717, 1.165) is 29.7 Å². The molecule has 0 aliphatic carbocycles. The maximum atomic E-state index is 5.87. The summed E-state index contributed by atoms with van der Waals surface area (Å²) < 4.78 is 12.1. The molecule has 3 unspecified atom stereocenters. The van der Waals surface area contributed by atoms with Gasteiger partial charge in [-0.15, -0.1) is 0 Å². The smallest absolute Gasteiger partial charge is 0.133 e. The number of likely N-dealkylation sites (N-methyl/N-ethyl adjacent to an activating group) is 1. The summed E-state index contributed by atoms with van der Waals surface area (Å²) in [6, 6.07) is 6.61. The highest BCUT2D eigenvalue weighted by Gasteiger charge is 2.31. The third-order valence-electron chi connectivity index (χ3n) is 3.88. The number of nitrogens with one attached hydrogen (secondary N) is 1. The first-order valence-electron chi connectivity index (χ1n) is 6.77. The SMILES string of the molecule is CNC(Cc1ccc(OC)c(Br)c1)C1OCCC1C. The highest BCUT2D eigenvalue weighted by atomic mass is 79.9. The van der Waals surface area contributed by atoms with Crippen molar-refractivity contribution >= 4 is 15.9 Å². The van der Waals surface area contributed by atoms with Crippen LogP contribution in [-0.4, -0.2) is 32.9 Å². The van der Waals surface area contributed by atoms with E-state index in [1.54, 1.807) is 7.11 Å². The van der Waals surface area contributed by atoms with Crippen molar-refractivity contribution in [3.8, 4) is 5.75 Å². The van der Waals surface area contributed by atoms with Crippen LogP contribution in [0.5, 0.6) is 5.75 Å². The van der Waals surface area contributed by atoms with Crippen molar-refractivity contribution in [1.29, 1.82) is 0 Å². The summed E-state index contributed by atoms with van der Waals surface area (Å²) in [5.41, 5.74) is 1.29. The van der Waals surface area contributed by atoms with Crippen LogP contribution in [0.2, 0.25) is 0 Å². The zero-order valence-electron chi connectivity index (χ0n) is 11.8. The van der Waals surface area contributed by atoms with E-state index in [2.05, 4.69) is 40.3 Å². The van der Waals surface area contributed by atoms with E-state index >= 15 is 0 Å². The van der Waals surface area contributed by atoms with Crippen LogP contribution in [0.25, 0.3) is 0 Å². The van der Waals surface area contributed by atoms with Crippen molar-refractivity contribution in [2.24, 2.45) is 5.92 Å². The number of hydrogen-bond donors (Lipinski definition) is 1. The highest BCUT2D eigenvalue weighted by Crippen LogP contribution is 2.28. The molecule has 1 saturated heterocycles. The monoisotopic (exact) mass is 327 g/mol. The summed E-state index contributed by atoms with van der Waals surface area (Å²) in [4.78, 5) is 0. The molecule has 106 valence electrons. The lowest BCUT2D eigenvalue weighted by Gasteiger charge is -2.26. The molecule has 1 aliphatic rings. The Balaban J connectivity index is 2.07. The van der Waals surface area contributed by atoms with Gasteiger partial charge in [0, 0.05) is 12.6 Å². The molecular weight excluding hydrogens is 306 g/mol. The Morgan fingerprint density at radius 3 is 2.84 bits per heavy atom. The number of rotatable bonds is 5. The Hall–Kier alpha value is -0.580. The van der Waals surface area contributed by atoms with Crippen LogP contribution in [0.4, 0.5) is 0 Å². The fraction of sp³-hybridized carbons (Fsp3) is 0.600. The number of methoxy groups -OCH3 is 1. The number of halogens is 1. The second-order valence-electron chi connectivity index (χ2n) is 5.17. The molecule has 1 fully saturated rings. The van der Waals surface area contributed by atoms with Gasteiger partial charge in [0.2, 0.25) is 0 Å². The standard InChI is InChI=1S/C15H22BrNO2/c1-10-6-7-19-15(10)13(17-2)9-11-4-5-14(18-3)12(16)8-11/h4-5,8,10,13,15,17H,6-7,9H2,1-3H3. The van der Waals surface area contributed by atoms with Gasteiger partial charge in [0.1, 0.15) is 5.75 Å². The van der Waals surface area contributed by atoms with Gasteiger partial charge in [0.15, 0.2) is 0 Å². The Kier molecular flexibility index (Phi) is 5.25. The molecule has 0 saturated carbocycles. The predicted molar refractivity (Wildman–Crippen MR) is 80.8 cm³/mol. The van der Waals surface area contributed by atoms with Crippen molar-refractivity contribution in [3.63, 3.8) is 0 Å². The van der Waals surface area contributed by atoms with Gasteiger partial charge in [-0.2, -0.15) is 0 Å². The lowest BCUT2D eigenvalue weighted by atomic mass is 9.93. The van der Waals surface area contributed by atoms with E-state index in [4.69, 9.17) is 9.47 Å². The van der Waals surface area contributed by atoms with E-state index in [-0.39, 0.29) is 0 Å². The summed E-state index contributed by atoms with van der Waals surface area (Å²) in [6.45, 7) is 3.16. The third-order valence-corrected chi connectivity index (χ3v) is 4.50. The molecule has 3 nitrogen and oxygen atoms in total. The molecule has 0 spiro atoms. The zero-order valence-corrected chi connectivity index (χ0v) is 13.4. The first-order chi connectivity index (χ1) is 9.15. The van der Waals surface area contributed by atoms with Crippen molar-refractivity contribution in [2.75, 3.05) is 20.8 Å². The van der Waals surface area contributed by atoms with Crippen LogP contribution in [0.3, 0.4) is 0 Å². The molecule has 0 bridgehead atoms. The minimum atomic E-state index is 0.311. The predicted octanol–water partition coefficient (Wildman–Crippen LogP) is 3.01. The van der Waals surface area contributed by atoms with Crippen molar-refractivity contribution in [3.05, 3.63) is 28.2 Å². The number of benzene rings is 1. The minimum absolute atomic E-state index is 0.311. The molecule has 1 N–H and O–H groups in total. The molecule has 2 rings (SSSR count). The quantitative estimate of drug-likeness (QED) is 0.901. The largest absolute Gasteiger partial charge is 0.496 e. The fourth-order valence-electron chi connectivity index (χ4n) is 2.70. The van der Waals surface area contributed by atoms with Crippen LogP contribution in [0.15, 0.2) is 22.7 Å². The molecule has 1 aromatic rings. The van der Waals surface area contributed by atoms with E-state index in [1.165, 1.54) is 5.56 Å². The normalized spacial score (nSPS) is 24.4. The highest BCUT2D eigenvalue weighted by molar-refractivity contribution is 9.10. The molecular formula is C15H22BrNO2. The third kappa shape index (κ3) is 3.50. The Labute approximate surface area is 123 Å². The van der Waals surface area contributed by atoms with Gasteiger partial charge in [-0.3, -0.25) is 0 Å². The van der Waals surface area contributed by atoms with Crippen molar-refractivity contribution in [2.45, 2.75) is 31.9 Å². The average Bonchev–Trinajstić information content (AvgIpc) is 2.82. The minimum Gasteiger partial charge on any atom is -0.496 e. The van der Waals surface area contributed by atoms with Crippen molar-refractivity contribution in [1.82, 2.24) is 5.32 Å². The molecule has 0 amide bonds. The van der Waals surface area contributed by atoms with Gasteiger partial charge in [0.05, 0.1) is 17.7 Å². The Morgan fingerprint density at radius 2 is 2.32 bits per heavy atom. The molecule has 0 aromatic heterocycles. The topological polar surface area (TPSA) is 30.5 Å². The maximum absolute atomic E-state index is 5.87. The van der Waals surface area contributed by atoms with Crippen LogP contribution >= 0.6 is 15.9 Å². The summed E-state index contributed by atoms with van der Waals surface area (Å²) in [6.07, 6.45) is 2.44. The summed E-state index contributed by atoms with van der Waals surface area (Å²) in [7, 11) is 3.70. The van der Waals surface area contributed by atoms with Crippen LogP contribution < -0.4 is 10.1 Å². The Bertz CT molecular complexity index is 425. The van der Waals surface area contributed by atoms with Gasteiger partial charge in [-0.05, 0) is 59.4 Å². The molecule has 1 heterocycles. The number of ether oxygens (including phenoxy) is 2. The Morgan fingerprint density at radius 1 is 1.53 bits per heavy atom. The molecule has 4 heteroatoms. The second kappa shape index (κ2) is 6.73. The van der Waals surface area contributed by atoms with Gasteiger partial charge in [0.25, 0.3) is 0 Å². The van der Waals surface area contributed by atoms with Gasteiger partial charge in [-0.25, -0.2) is 0 Å². The van der Waals surface area contributed by atoms with E-state index in [9.17, 15) is 0 Å². The lowest BCUT2D eigenvalue weighted by molar-refractivity contribution is 0.0634. The van der Waals surface area contributed by atoms with Gasteiger partial charge < -0.3 is 14.8 Å². The first-order valence-corrected chi connectivity index (χ1v) is 7.56. The van der Waals surface area contributed by atoms with Crippen LogP contribution in [0, 0.1) is 5.92 Å². The second-order valence-corrected chi connectivity index (χ2v) is 6.02. The van der Waals surface area contributed by atoms with Gasteiger partial charge >= 0.3 is 0 Å². The molecule has 19 heavy (non-hydrogen) atoms. The average molecular weight is 328 g/mol. The first kappa shape index (κ1) is 14.8. The molecule has 0 radical (unpaired) electrons. The summed E-state index contributed by atoms with van der Waals surface area (Å²) >= 11 is 3.54. The van der Waals surface area contributed by atoms with Crippen molar-refractivity contribution < 1.29 is 9.47 Å². The van der Waals surface area contributed by atoms with Crippen LogP contribution in [0.1, 0.15) is 18.9 Å². The number of hydrogen-bond acceptors (Lipinski definition) is 3.